The summed E-state index contributed by atoms with van der Waals surface area (Å²) in [6.45, 7) is 4.18. The van der Waals surface area contributed by atoms with E-state index in [0.717, 1.165) is 21.3 Å². The van der Waals surface area contributed by atoms with Crippen molar-refractivity contribution in [2.45, 2.75) is 26.5 Å². The first-order valence-corrected chi connectivity index (χ1v) is 14.3. The highest BCUT2D eigenvalue weighted by Gasteiger charge is 2.34. The van der Waals surface area contributed by atoms with Crippen LogP contribution in [0.4, 0.5) is 0 Å². The molecular weight excluding hydrogens is 592 g/mol. The zero-order valence-corrected chi connectivity index (χ0v) is 24.6. The molecule has 7 nitrogen and oxygen atoms in total. The van der Waals surface area contributed by atoms with E-state index < -0.39 is 12.0 Å². The summed E-state index contributed by atoms with van der Waals surface area (Å²) in [6.07, 6.45) is 1.82. The fourth-order valence-corrected chi connectivity index (χ4v) is 5.85. The van der Waals surface area contributed by atoms with Crippen LogP contribution in [-0.2, 0) is 16.1 Å². The molecule has 204 valence electrons. The second kappa shape index (κ2) is 12.1. The van der Waals surface area contributed by atoms with E-state index in [4.69, 9.17) is 14.2 Å². The third-order valence-corrected chi connectivity index (χ3v) is 7.96. The number of hydrogen-bond acceptors (Lipinski definition) is 7. The van der Waals surface area contributed by atoms with E-state index in [-0.39, 0.29) is 12.2 Å². The van der Waals surface area contributed by atoms with Gasteiger partial charge in [0, 0.05) is 10.0 Å². The SMILES string of the molecule is CCOC(=O)C1=C(C)N=c2s/c(=C\c3ccc(OCc4ccc(Br)cc4)cc3)c(=O)n2[C@@H]1c1ccccc1OC. The van der Waals surface area contributed by atoms with Crippen molar-refractivity contribution in [2.75, 3.05) is 13.7 Å². The summed E-state index contributed by atoms with van der Waals surface area (Å²) in [5.74, 6) is 0.789. The number of allylic oxidation sites excluding steroid dienone is 1. The molecule has 1 aliphatic heterocycles. The monoisotopic (exact) mass is 618 g/mol. The van der Waals surface area contributed by atoms with E-state index >= 15 is 0 Å². The average Bonchev–Trinajstić information content (AvgIpc) is 3.26. The molecule has 0 amide bonds. The molecule has 3 aromatic carbocycles. The standard InChI is InChI=1S/C31H27BrN2O5S/c1-4-38-30(36)27-19(2)33-31-34(28(27)24-7-5-6-8-25(24)37-3)29(35)26(40-31)17-20-11-15-23(16-12-20)39-18-21-9-13-22(32)14-10-21/h5-17,28H,4,18H2,1-3H3/b26-17-/t28-/m1/s1. The van der Waals surface area contributed by atoms with Crippen LogP contribution in [0.15, 0.2) is 98.3 Å². The molecule has 1 atom stereocenters. The Hall–Kier alpha value is -3.95. The van der Waals surface area contributed by atoms with Crippen LogP contribution in [0.25, 0.3) is 6.08 Å². The van der Waals surface area contributed by atoms with Gasteiger partial charge in [-0.1, -0.05) is 69.7 Å². The maximum Gasteiger partial charge on any atom is 0.338 e. The number of esters is 1. The van der Waals surface area contributed by atoms with Gasteiger partial charge in [0.2, 0.25) is 0 Å². The zero-order valence-electron chi connectivity index (χ0n) is 22.2. The van der Waals surface area contributed by atoms with Crippen LogP contribution in [0, 0.1) is 0 Å². The molecule has 40 heavy (non-hydrogen) atoms. The summed E-state index contributed by atoms with van der Waals surface area (Å²) in [5.41, 5.74) is 3.17. The van der Waals surface area contributed by atoms with Crippen molar-refractivity contribution >= 4 is 39.3 Å². The predicted molar refractivity (Wildman–Crippen MR) is 158 cm³/mol. The summed E-state index contributed by atoms with van der Waals surface area (Å²) in [5, 5.41) is 0. The number of methoxy groups -OCH3 is 1. The molecule has 1 aliphatic rings. The number of carbonyl (C=O) groups excluding carboxylic acids is 1. The second-order valence-electron chi connectivity index (χ2n) is 9.03. The Morgan fingerprint density at radius 3 is 2.50 bits per heavy atom. The fraction of sp³-hybridized carbons (Fsp3) is 0.194. The Kier molecular flexibility index (Phi) is 8.32. The summed E-state index contributed by atoms with van der Waals surface area (Å²) in [7, 11) is 1.56. The van der Waals surface area contributed by atoms with Gasteiger partial charge in [-0.15, -0.1) is 0 Å². The highest BCUT2D eigenvalue weighted by Crippen LogP contribution is 2.35. The number of rotatable bonds is 8. The molecule has 0 aliphatic carbocycles. The van der Waals surface area contributed by atoms with Crippen LogP contribution in [0.2, 0.25) is 0 Å². The minimum atomic E-state index is -0.733. The molecule has 0 spiro atoms. The summed E-state index contributed by atoms with van der Waals surface area (Å²) in [6, 6.07) is 22.2. The minimum Gasteiger partial charge on any atom is -0.496 e. The normalized spacial score (nSPS) is 14.9. The Labute approximate surface area is 243 Å². The smallest absolute Gasteiger partial charge is 0.338 e. The Balaban J connectivity index is 1.51. The van der Waals surface area contributed by atoms with Crippen molar-refractivity contribution in [3.05, 3.63) is 125 Å². The number of hydrogen-bond donors (Lipinski definition) is 0. The second-order valence-corrected chi connectivity index (χ2v) is 11.0. The zero-order chi connectivity index (χ0) is 28.2. The number of para-hydroxylation sites is 1. The molecule has 0 saturated carbocycles. The number of halogens is 1. The first-order valence-electron chi connectivity index (χ1n) is 12.7. The van der Waals surface area contributed by atoms with Gasteiger partial charge < -0.3 is 14.2 Å². The Morgan fingerprint density at radius 1 is 1.07 bits per heavy atom. The van der Waals surface area contributed by atoms with Crippen LogP contribution in [-0.4, -0.2) is 24.3 Å². The summed E-state index contributed by atoms with van der Waals surface area (Å²) < 4.78 is 20.0. The third kappa shape index (κ3) is 5.66. The molecule has 0 bridgehead atoms. The number of thiazole rings is 1. The highest BCUT2D eigenvalue weighted by atomic mass is 79.9. The van der Waals surface area contributed by atoms with Gasteiger partial charge in [0.25, 0.3) is 5.56 Å². The lowest BCUT2D eigenvalue weighted by molar-refractivity contribution is -0.139. The maximum absolute atomic E-state index is 13.8. The molecule has 5 rings (SSSR count). The molecule has 9 heteroatoms. The van der Waals surface area contributed by atoms with Gasteiger partial charge in [0.15, 0.2) is 4.80 Å². The van der Waals surface area contributed by atoms with Crippen molar-refractivity contribution < 1.29 is 19.0 Å². The highest BCUT2D eigenvalue weighted by molar-refractivity contribution is 9.10. The third-order valence-electron chi connectivity index (χ3n) is 6.45. The van der Waals surface area contributed by atoms with Crippen molar-refractivity contribution in [2.24, 2.45) is 4.99 Å². The minimum absolute atomic E-state index is 0.210. The van der Waals surface area contributed by atoms with Crippen molar-refractivity contribution in [1.29, 1.82) is 0 Å². The van der Waals surface area contributed by atoms with E-state index in [1.54, 1.807) is 25.5 Å². The lowest BCUT2D eigenvalue weighted by Crippen LogP contribution is -2.40. The molecule has 0 saturated heterocycles. The van der Waals surface area contributed by atoms with E-state index in [1.807, 2.05) is 78.9 Å². The number of carbonyl (C=O) groups is 1. The Morgan fingerprint density at radius 2 is 1.80 bits per heavy atom. The molecule has 4 aromatic rings. The Bertz CT molecular complexity index is 1760. The molecule has 2 heterocycles. The van der Waals surface area contributed by atoms with Gasteiger partial charge in [-0.05, 0) is 61.4 Å². The molecule has 0 radical (unpaired) electrons. The van der Waals surface area contributed by atoms with Gasteiger partial charge >= 0.3 is 5.97 Å². The number of ether oxygens (including phenoxy) is 3. The molecule has 0 fully saturated rings. The molecule has 0 unspecified atom stereocenters. The van der Waals surface area contributed by atoms with Gasteiger partial charge in [0.1, 0.15) is 24.1 Å². The average molecular weight is 620 g/mol. The number of benzene rings is 3. The van der Waals surface area contributed by atoms with Gasteiger partial charge in [-0.3, -0.25) is 9.36 Å². The fourth-order valence-electron chi connectivity index (χ4n) is 4.54. The van der Waals surface area contributed by atoms with Crippen molar-refractivity contribution in [3.8, 4) is 11.5 Å². The van der Waals surface area contributed by atoms with E-state index in [0.29, 0.717) is 38.5 Å². The lowest BCUT2D eigenvalue weighted by Gasteiger charge is -2.25. The lowest BCUT2D eigenvalue weighted by atomic mass is 9.95. The molecule has 1 aromatic heterocycles. The van der Waals surface area contributed by atoms with Crippen LogP contribution in [0.3, 0.4) is 0 Å². The number of aromatic nitrogens is 1. The van der Waals surface area contributed by atoms with Gasteiger partial charge in [0.05, 0.1) is 29.5 Å². The summed E-state index contributed by atoms with van der Waals surface area (Å²) >= 11 is 4.72. The first kappa shape index (κ1) is 27.6. The molecular formula is C31H27BrN2O5S. The first-order chi connectivity index (χ1) is 19.4. The van der Waals surface area contributed by atoms with Crippen LogP contribution in [0.5, 0.6) is 11.5 Å². The number of nitrogens with zero attached hydrogens (tertiary/aromatic N) is 2. The molecule has 0 N–H and O–H groups in total. The van der Waals surface area contributed by atoms with Gasteiger partial charge in [-0.25, -0.2) is 9.79 Å². The van der Waals surface area contributed by atoms with Gasteiger partial charge in [-0.2, -0.15) is 0 Å². The van der Waals surface area contributed by atoms with E-state index in [2.05, 4.69) is 20.9 Å². The van der Waals surface area contributed by atoms with Crippen LogP contribution in [0.1, 0.15) is 36.6 Å². The van der Waals surface area contributed by atoms with Crippen LogP contribution < -0.4 is 24.4 Å². The topological polar surface area (TPSA) is 79.1 Å². The summed E-state index contributed by atoms with van der Waals surface area (Å²) in [4.78, 5) is 32.1. The quantitative estimate of drug-likeness (QED) is 0.255. The number of fused-ring (bicyclic) bond motifs is 1. The van der Waals surface area contributed by atoms with E-state index in [1.165, 1.54) is 11.3 Å². The largest absolute Gasteiger partial charge is 0.496 e. The predicted octanol–water partition coefficient (Wildman–Crippen LogP) is 5.15. The maximum atomic E-state index is 13.8. The van der Waals surface area contributed by atoms with Crippen molar-refractivity contribution in [3.63, 3.8) is 0 Å². The van der Waals surface area contributed by atoms with E-state index in [9.17, 15) is 9.59 Å². The van der Waals surface area contributed by atoms with Crippen molar-refractivity contribution in [1.82, 2.24) is 4.57 Å². The van der Waals surface area contributed by atoms with Crippen LogP contribution >= 0.6 is 27.3 Å².